The van der Waals surface area contributed by atoms with E-state index in [4.69, 9.17) is 5.73 Å². The number of benzene rings is 1. The molecule has 1 aromatic carbocycles. The minimum Gasteiger partial charge on any atom is -0.399 e. The predicted octanol–water partition coefficient (Wildman–Crippen LogP) is 3.37. The number of nitrogen functional groups attached to an aromatic ring is 1. The molecular formula is C16H23ClN2O. The van der Waals surface area contributed by atoms with Crippen LogP contribution in [0.25, 0.3) is 0 Å². The molecule has 20 heavy (non-hydrogen) atoms. The topological polar surface area (TPSA) is 55.1 Å². The molecule has 4 heteroatoms. The molecule has 0 bridgehead atoms. The number of rotatable bonds is 3. The number of nitrogens with one attached hydrogen (secondary N) is 1. The summed E-state index contributed by atoms with van der Waals surface area (Å²) < 4.78 is 0. The van der Waals surface area contributed by atoms with Crippen molar-refractivity contribution in [3.63, 3.8) is 0 Å². The Balaban J connectivity index is 0.00000147. The van der Waals surface area contributed by atoms with Gasteiger partial charge in [0.2, 0.25) is 5.91 Å². The Labute approximate surface area is 126 Å². The molecular weight excluding hydrogens is 272 g/mol. The van der Waals surface area contributed by atoms with Crippen molar-refractivity contribution in [1.29, 1.82) is 0 Å². The SMILES string of the molecule is CCC1(C(=O)NC2CCCc3cc(N)ccc32)CC1.Cl. The number of hydrogen-bond donors (Lipinski definition) is 2. The molecule has 2 aliphatic rings. The van der Waals surface area contributed by atoms with Gasteiger partial charge in [0.15, 0.2) is 0 Å². The highest BCUT2D eigenvalue weighted by molar-refractivity contribution is 5.86. The lowest BCUT2D eigenvalue weighted by Crippen LogP contribution is -2.36. The standard InChI is InChI=1S/C16H22N2O.ClH/c1-2-16(8-9-16)15(19)18-14-5-3-4-11-10-12(17)6-7-13(11)14;/h6-7,10,14H,2-5,8-9,17H2,1H3,(H,18,19);1H. The van der Waals surface area contributed by atoms with E-state index in [-0.39, 0.29) is 29.8 Å². The summed E-state index contributed by atoms with van der Waals surface area (Å²) in [5, 5.41) is 3.27. The first-order valence-corrected chi connectivity index (χ1v) is 7.34. The van der Waals surface area contributed by atoms with E-state index in [0.717, 1.165) is 44.2 Å². The van der Waals surface area contributed by atoms with E-state index < -0.39 is 0 Å². The molecule has 2 aliphatic carbocycles. The number of nitrogens with two attached hydrogens (primary N) is 1. The van der Waals surface area contributed by atoms with Crippen LogP contribution in [0.1, 0.15) is 56.2 Å². The van der Waals surface area contributed by atoms with Crippen molar-refractivity contribution in [2.24, 2.45) is 5.41 Å². The largest absolute Gasteiger partial charge is 0.399 e. The smallest absolute Gasteiger partial charge is 0.226 e. The lowest BCUT2D eigenvalue weighted by molar-refractivity contribution is -0.127. The van der Waals surface area contributed by atoms with Gasteiger partial charge in [-0.3, -0.25) is 4.79 Å². The van der Waals surface area contributed by atoms with Crippen molar-refractivity contribution < 1.29 is 4.79 Å². The van der Waals surface area contributed by atoms with E-state index >= 15 is 0 Å². The molecule has 1 unspecified atom stereocenters. The minimum atomic E-state index is -0.0502. The molecule has 0 saturated heterocycles. The van der Waals surface area contributed by atoms with E-state index in [2.05, 4.69) is 24.4 Å². The van der Waals surface area contributed by atoms with Crippen molar-refractivity contribution in [3.05, 3.63) is 29.3 Å². The second-order valence-electron chi connectivity index (χ2n) is 6.01. The first-order chi connectivity index (χ1) is 9.14. The van der Waals surface area contributed by atoms with Crippen LogP contribution in [0.2, 0.25) is 0 Å². The van der Waals surface area contributed by atoms with E-state index in [1.54, 1.807) is 0 Å². The van der Waals surface area contributed by atoms with Gasteiger partial charge in [-0.2, -0.15) is 0 Å². The van der Waals surface area contributed by atoms with Crippen molar-refractivity contribution in [1.82, 2.24) is 5.32 Å². The maximum Gasteiger partial charge on any atom is 0.226 e. The number of aryl methyl sites for hydroxylation is 1. The molecule has 1 saturated carbocycles. The Morgan fingerprint density at radius 1 is 1.45 bits per heavy atom. The normalized spacial score (nSPS) is 22.4. The van der Waals surface area contributed by atoms with Crippen molar-refractivity contribution in [2.75, 3.05) is 5.73 Å². The van der Waals surface area contributed by atoms with Crippen LogP contribution in [0.4, 0.5) is 5.69 Å². The Hall–Kier alpha value is -1.22. The molecule has 110 valence electrons. The van der Waals surface area contributed by atoms with Crippen LogP contribution in [0, 0.1) is 5.41 Å². The van der Waals surface area contributed by atoms with Gasteiger partial charge in [0, 0.05) is 11.1 Å². The van der Waals surface area contributed by atoms with Gasteiger partial charge in [0.1, 0.15) is 0 Å². The van der Waals surface area contributed by atoms with E-state index in [9.17, 15) is 4.79 Å². The van der Waals surface area contributed by atoms with Crippen LogP contribution < -0.4 is 11.1 Å². The zero-order chi connectivity index (χ0) is 13.5. The molecule has 1 aromatic rings. The summed E-state index contributed by atoms with van der Waals surface area (Å²) in [5.74, 6) is 0.254. The second kappa shape index (κ2) is 5.65. The average Bonchev–Trinajstić information content (AvgIpc) is 3.19. The van der Waals surface area contributed by atoms with Gasteiger partial charge in [-0.25, -0.2) is 0 Å². The molecule has 3 nitrogen and oxygen atoms in total. The van der Waals surface area contributed by atoms with Crippen LogP contribution in [0.15, 0.2) is 18.2 Å². The molecule has 3 rings (SSSR count). The molecule has 1 fully saturated rings. The third-order valence-corrected chi connectivity index (χ3v) is 4.80. The third-order valence-electron chi connectivity index (χ3n) is 4.80. The van der Waals surface area contributed by atoms with E-state index in [1.165, 1.54) is 11.1 Å². The molecule has 1 atom stereocenters. The molecule has 0 aromatic heterocycles. The summed E-state index contributed by atoms with van der Waals surface area (Å²) in [6.07, 6.45) is 6.31. The Kier molecular flexibility index (Phi) is 4.28. The van der Waals surface area contributed by atoms with Crippen LogP contribution in [-0.2, 0) is 11.2 Å². The first kappa shape index (κ1) is 15.2. The number of carbonyl (C=O) groups excluding carboxylic acids is 1. The summed E-state index contributed by atoms with van der Waals surface area (Å²) in [6.45, 7) is 2.11. The summed E-state index contributed by atoms with van der Waals surface area (Å²) in [7, 11) is 0. The van der Waals surface area contributed by atoms with Crippen molar-refractivity contribution in [3.8, 4) is 0 Å². The van der Waals surface area contributed by atoms with Crippen molar-refractivity contribution >= 4 is 24.0 Å². The zero-order valence-electron chi connectivity index (χ0n) is 11.9. The van der Waals surface area contributed by atoms with E-state index in [0.29, 0.717) is 0 Å². The lowest BCUT2D eigenvalue weighted by atomic mass is 9.87. The molecule has 1 amide bonds. The predicted molar refractivity (Wildman–Crippen MR) is 83.9 cm³/mol. The monoisotopic (exact) mass is 294 g/mol. The molecule has 0 aliphatic heterocycles. The Morgan fingerprint density at radius 2 is 2.20 bits per heavy atom. The van der Waals surface area contributed by atoms with Crippen LogP contribution >= 0.6 is 12.4 Å². The number of fused-ring (bicyclic) bond motifs is 1. The summed E-state index contributed by atoms with van der Waals surface area (Å²) in [4.78, 5) is 12.4. The quantitative estimate of drug-likeness (QED) is 0.840. The lowest BCUT2D eigenvalue weighted by Gasteiger charge is -2.28. The van der Waals surface area contributed by atoms with Crippen molar-refractivity contribution in [2.45, 2.75) is 51.5 Å². The Morgan fingerprint density at radius 3 is 2.85 bits per heavy atom. The van der Waals surface area contributed by atoms with Crippen LogP contribution in [0.5, 0.6) is 0 Å². The molecule has 0 heterocycles. The number of amides is 1. The average molecular weight is 295 g/mol. The minimum absolute atomic E-state index is 0. The van der Waals surface area contributed by atoms with Crippen LogP contribution in [0.3, 0.4) is 0 Å². The number of halogens is 1. The zero-order valence-corrected chi connectivity index (χ0v) is 12.8. The van der Waals surface area contributed by atoms with Gasteiger partial charge in [0.05, 0.1) is 6.04 Å². The summed E-state index contributed by atoms with van der Waals surface area (Å²) in [5.41, 5.74) is 9.18. The Bertz CT molecular complexity index is 511. The summed E-state index contributed by atoms with van der Waals surface area (Å²) >= 11 is 0. The van der Waals surface area contributed by atoms with Gasteiger partial charge >= 0.3 is 0 Å². The fourth-order valence-electron chi connectivity index (χ4n) is 3.19. The molecule has 3 N–H and O–H groups in total. The molecule has 0 radical (unpaired) electrons. The van der Waals surface area contributed by atoms with Gasteiger partial charge in [-0.1, -0.05) is 13.0 Å². The fourth-order valence-corrected chi connectivity index (χ4v) is 3.19. The maximum absolute atomic E-state index is 12.4. The van der Waals surface area contributed by atoms with E-state index in [1.807, 2.05) is 6.07 Å². The molecule has 0 spiro atoms. The van der Waals surface area contributed by atoms with Crippen LogP contribution in [-0.4, -0.2) is 5.91 Å². The highest BCUT2D eigenvalue weighted by atomic mass is 35.5. The number of anilines is 1. The van der Waals surface area contributed by atoms with Gasteiger partial charge in [-0.15, -0.1) is 12.4 Å². The van der Waals surface area contributed by atoms with Gasteiger partial charge in [0.25, 0.3) is 0 Å². The van der Waals surface area contributed by atoms with Gasteiger partial charge in [-0.05, 0) is 61.8 Å². The maximum atomic E-state index is 12.4. The highest BCUT2D eigenvalue weighted by Gasteiger charge is 2.48. The van der Waals surface area contributed by atoms with Gasteiger partial charge < -0.3 is 11.1 Å². The third kappa shape index (κ3) is 2.64. The second-order valence-corrected chi connectivity index (χ2v) is 6.01. The highest BCUT2D eigenvalue weighted by Crippen LogP contribution is 2.49. The number of carbonyl (C=O) groups is 1. The fraction of sp³-hybridized carbons (Fsp3) is 0.562. The number of hydrogen-bond acceptors (Lipinski definition) is 2. The summed E-state index contributed by atoms with van der Waals surface area (Å²) in [6, 6.07) is 6.26. The first-order valence-electron chi connectivity index (χ1n) is 7.34.